The van der Waals surface area contributed by atoms with Crippen LogP contribution in [0.15, 0.2) is 48.1 Å². The number of ketones is 1. The fourth-order valence-electron chi connectivity index (χ4n) is 3.83. The normalized spacial score (nSPS) is 21.2. The highest BCUT2D eigenvalue weighted by Gasteiger charge is 2.34. The Morgan fingerprint density at radius 1 is 1.23 bits per heavy atom. The molecule has 3 atom stereocenters. The van der Waals surface area contributed by atoms with Gasteiger partial charge < -0.3 is 19.7 Å². The van der Waals surface area contributed by atoms with E-state index in [4.69, 9.17) is 4.74 Å². The number of hydrogen-bond donors (Lipinski definition) is 2. The number of unbranched alkanes of at least 4 members (excludes halogenated alkanes) is 3. The standard InChI is InChI=1S/C25H34O6/c1-30-17-19-9-7-8-18(14-19)15-20(26)12-13-22-21(23(27)16-24(22)28)10-5-3-4-6-11-25(29)31-2/h7-10,12-14,20,22,24,26,28H,3-6,11,15-17H2,1-2H3/b13-12+,21-10+/t20-,22-,24-/m1/s1. The average molecular weight is 431 g/mol. The highest BCUT2D eigenvalue weighted by molar-refractivity contribution is 5.99. The summed E-state index contributed by atoms with van der Waals surface area (Å²) in [5, 5.41) is 20.7. The Labute approximate surface area is 184 Å². The molecule has 1 aliphatic rings. The lowest BCUT2D eigenvalue weighted by Gasteiger charge is -2.12. The summed E-state index contributed by atoms with van der Waals surface area (Å²) < 4.78 is 9.76. The Morgan fingerprint density at radius 3 is 2.74 bits per heavy atom. The molecule has 0 aromatic heterocycles. The SMILES string of the molecule is COCc1cccc(C[C@H](O)/C=C/[C@@H]2/C(=C\CCCCCC(=O)OC)C(=O)C[C@H]2O)c1. The Hall–Kier alpha value is -2.28. The predicted molar refractivity (Wildman–Crippen MR) is 118 cm³/mol. The van der Waals surface area contributed by atoms with Crippen LogP contribution < -0.4 is 0 Å². The molecule has 0 aliphatic heterocycles. The second kappa shape index (κ2) is 13.2. The molecule has 0 saturated heterocycles. The van der Waals surface area contributed by atoms with E-state index in [-0.39, 0.29) is 18.2 Å². The van der Waals surface area contributed by atoms with Crippen molar-refractivity contribution in [1.82, 2.24) is 0 Å². The molecule has 6 heteroatoms. The van der Waals surface area contributed by atoms with E-state index < -0.39 is 18.1 Å². The van der Waals surface area contributed by atoms with Gasteiger partial charge in [-0.1, -0.05) is 48.9 Å². The summed E-state index contributed by atoms with van der Waals surface area (Å²) >= 11 is 0. The van der Waals surface area contributed by atoms with Crippen LogP contribution in [0.4, 0.5) is 0 Å². The summed E-state index contributed by atoms with van der Waals surface area (Å²) in [7, 11) is 3.03. The highest BCUT2D eigenvalue weighted by atomic mass is 16.5. The number of carbonyl (C=O) groups excluding carboxylic acids is 2. The minimum absolute atomic E-state index is 0.0431. The van der Waals surface area contributed by atoms with Gasteiger partial charge in [-0.2, -0.15) is 0 Å². The van der Waals surface area contributed by atoms with E-state index in [0.717, 1.165) is 30.4 Å². The molecule has 1 aliphatic carbocycles. The highest BCUT2D eigenvalue weighted by Crippen LogP contribution is 2.31. The summed E-state index contributed by atoms with van der Waals surface area (Å²) in [4.78, 5) is 23.4. The van der Waals surface area contributed by atoms with Gasteiger partial charge in [0.15, 0.2) is 5.78 Å². The number of hydrogen-bond acceptors (Lipinski definition) is 6. The Morgan fingerprint density at radius 2 is 2.00 bits per heavy atom. The Bertz CT molecular complexity index is 782. The van der Waals surface area contributed by atoms with Crippen molar-refractivity contribution in [3.63, 3.8) is 0 Å². The molecule has 0 spiro atoms. The van der Waals surface area contributed by atoms with Gasteiger partial charge in [-0.3, -0.25) is 9.59 Å². The van der Waals surface area contributed by atoms with Crippen molar-refractivity contribution in [3.8, 4) is 0 Å². The molecule has 2 rings (SSSR count). The molecule has 1 fully saturated rings. The number of ether oxygens (including phenoxy) is 2. The lowest BCUT2D eigenvalue weighted by Crippen LogP contribution is -2.14. The van der Waals surface area contributed by atoms with Crippen LogP contribution in [0.2, 0.25) is 0 Å². The lowest BCUT2D eigenvalue weighted by atomic mass is 9.96. The van der Waals surface area contributed by atoms with Crippen LogP contribution in [-0.2, 0) is 32.1 Å². The van der Waals surface area contributed by atoms with Gasteiger partial charge in [0.2, 0.25) is 0 Å². The number of aliphatic hydroxyl groups is 2. The van der Waals surface area contributed by atoms with Crippen molar-refractivity contribution >= 4 is 11.8 Å². The average Bonchev–Trinajstić information content (AvgIpc) is 3.01. The summed E-state index contributed by atoms with van der Waals surface area (Å²) in [5.74, 6) is -0.642. The fraction of sp³-hybridized carbons (Fsp3) is 0.520. The molecule has 0 unspecified atom stereocenters. The van der Waals surface area contributed by atoms with Crippen molar-refractivity contribution in [3.05, 3.63) is 59.2 Å². The molecule has 170 valence electrons. The van der Waals surface area contributed by atoms with Crippen molar-refractivity contribution in [2.75, 3.05) is 14.2 Å². The number of allylic oxidation sites excluding steroid dienone is 1. The molecule has 0 heterocycles. The molecule has 0 bridgehead atoms. The van der Waals surface area contributed by atoms with Crippen LogP contribution in [0.25, 0.3) is 0 Å². The minimum atomic E-state index is -0.758. The van der Waals surface area contributed by atoms with E-state index in [1.54, 1.807) is 19.3 Å². The third-order valence-corrected chi connectivity index (χ3v) is 5.45. The molecule has 0 radical (unpaired) electrons. The van der Waals surface area contributed by atoms with Gasteiger partial charge in [0, 0.05) is 37.9 Å². The number of carbonyl (C=O) groups is 2. The molecule has 1 saturated carbocycles. The van der Waals surface area contributed by atoms with Gasteiger partial charge in [0.05, 0.1) is 25.9 Å². The van der Waals surface area contributed by atoms with Crippen LogP contribution >= 0.6 is 0 Å². The van der Waals surface area contributed by atoms with Crippen molar-refractivity contribution < 1.29 is 29.3 Å². The predicted octanol–water partition coefficient (Wildman–Crippen LogP) is 3.29. The number of benzene rings is 1. The van der Waals surface area contributed by atoms with Crippen LogP contribution in [0.5, 0.6) is 0 Å². The van der Waals surface area contributed by atoms with Gasteiger partial charge >= 0.3 is 5.97 Å². The number of rotatable bonds is 12. The van der Waals surface area contributed by atoms with Crippen molar-refractivity contribution in [2.45, 2.75) is 63.8 Å². The zero-order valence-electron chi connectivity index (χ0n) is 18.5. The summed E-state index contributed by atoms with van der Waals surface area (Å²) in [6.45, 7) is 0.521. The Balaban J connectivity index is 1.89. The first kappa shape index (κ1) is 25.0. The van der Waals surface area contributed by atoms with Gasteiger partial charge in [0.1, 0.15) is 0 Å². The Kier molecular flexibility index (Phi) is 10.6. The quantitative estimate of drug-likeness (QED) is 0.229. The van der Waals surface area contributed by atoms with E-state index in [9.17, 15) is 19.8 Å². The maximum Gasteiger partial charge on any atom is 0.305 e. The first-order valence-electron chi connectivity index (χ1n) is 10.9. The van der Waals surface area contributed by atoms with Crippen molar-refractivity contribution in [1.29, 1.82) is 0 Å². The summed E-state index contributed by atoms with van der Waals surface area (Å²) in [6.07, 6.45) is 8.02. The number of methoxy groups -OCH3 is 2. The maximum absolute atomic E-state index is 12.3. The third-order valence-electron chi connectivity index (χ3n) is 5.45. The van der Waals surface area contributed by atoms with Crippen LogP contribution in [-0.4, -0.2) is 48.4 Å². The van der Waals surface area contributed by atoms with Crippen LogP contribution in [0, 0.1) is 5.92 Å². The fourth-order valence-corrected chi connectivity index (χ4v) is 3.83. The van der Waals surface area contributed by atoms with Gasteiger partial charge in [-0.05, 0) is 30.4 Å². The molecule has 31 heavy (non-hydrogen) atoms. The van der Waals surface area contributed by atoms with Crippen molar-refractivity contribution in [2.24, 2.45) is 5.92 Å². The molecule has 1 aromatic carbocycles. The van der Waals surface area contributed by atoms with E-state index in [1.807, 2.05) is 30.3 Å². The maximum atomic E-state index is 12.3. The first-order chi connectivity index (χ1) is 14.9. The van der Waals surface area contributed by atoms with Gasteiger partial charge in [-0.15, -0.1) is 0 Å². The summed E-state index contributed by atoms with van der Waals surface area (Å²) in [5.41, 5.74) is 2.66. The minimum Gasteiger partial charge on any atom is -0.469 e. The lowest BCUT2D eigenvalue weighted by molar-refractivity contribution is -0.140. The monoisotopic (exact) mass is 430 g/mol. The molecule has 1 aromatic rings. The van der Waals surface area contributed by atoms with Gasteiger partial charge in [-0.25, -0.2) is 0 Å². The zero-order chi connectivity index (χ0) is 22.6. The zero-order valence-corrected chi connectivity index (χ0v) is 18.5. The van der Waals surface area contributed by atoms with E-state index in [0.29, 0.717) is 31.4 Å². The number of Topliss-reactive ketones (excluding diaryl/α,β-unsaturated/α-hetero) is 1. The third kappa shape index (κ3) is 8.40. The van der Waals surface area contributed by atoms with Gasteiger partial charge in [0.25, 0.3) is 0 Å². The second-order valence-electron chi connectivity index (χ2n) is 7.96. The second-order valence-corrected chi connectivity index (χ2v) is 7.96. The first-order valence-corrected chi connectivity index (χ1v) is 10.9. The van der Waals surface area contributed by atoms with E-state index >= 15 is 0 Å². The van der Waals surface area contributed by atoms with Crippen LogP contribution in [0.1, 0.15) is 49.7 Å². The largest absolute Gasteiger partial charge is 0.469 e. The van der Waals surface area contributed by atoms with E-state index in [1.165, 1.54) is 7.11 Å². The molecular formula is C25H34O6. The molecule has 0 amide bonds. The molecule has 2 N–H and O–H groups in total. The van der Waals surface area contributed by atoms with E-state index in [2.05, 4.69) is 4.74 Å². The molecular weight excluding hydrogens is 396 g/mol. The number of esters is 1. The smallest absolute Gasteiger partial charge is 0.305 e. The molecule has 6 nitrogen and oxygen atoms in total. The summed E-state index contributed by atoms with van der Waals surface area (Å²) in [6, 6.07) is 7.86. The number of aliphatic hydroxyl groups excluding tert-OH is 2. The van der Waals surface area contributed by atoms with Crippen LogP contribution in [0.3, 0.4) is 0 Å². The topological polar surface area (TPSA) is 93.1 Å².